The molecule has 1 aliphatic carbocycles. The van der Waals surface area contributed by atoms with Crippen molar-refractivity contribution >= 4 is 16.7 Å². The molecule has 0 amide bonds. The van der Waals surface area contributed by atoms with Gasteiger partial charge in [-0.3, -0.25) is 4.79 Å². The maximum atomic E-state index is 12.6. The fourth-order valence-electron chi connectivity index (χ4n) is 3.11. The third kappa shape index (κ3) is 1.76. The van der Waals surface area contributed by atoms with Crippen LogP contribution in [0.5, 0.6) is 0 Å². The molecule has 2 heteroatoms. The summed E-state index contributed by atoms with van der Waals surface area (Å²) in [6.07, 6.45) is 6.56. The van der Waals surface area contributed by atoms with Gasteiger partial charge in [-0.1, -0.05) is 24.5 Å². The first kappa shape index (κ1) is 11.5. The molecule has 0 unspecified atom stereocenters. The van der Waals surface area contributed by atoms with E-state index < -0.39 is 0 Å². The van der Waals surface area contributed by atoms with E-state index in [-0.39, 0.29) is 5.92 Å². The number of Topliss-reactive ketones (excluding diaryl/α,β-unsaturated/α-hetero) is 1. The first-order valence-electron chi connectivity index (χ1n) is 6.77. The van der Waals surface area contributed by atoms with Crippen molar-refractivity contribution in [1.82, 2.24) is 4.57 Å². The predicted octanol–water partition coefficient (Wildman–Crippen LogP) is 3.86. The van der Waals surface area contributed by atoms with Crippen LogP contribution in [0, 0.1) is 12.8 Å². The van der Waals surface area contributed by atoms with Gasteiger partial charge in [0, 0.05) is 35.6 Å². The molecule has 0 spiro atoms. The topological polar surface area (TPSA) is 22.0 Å². The molecule has 0 saturated heterocycles. The van der Waals surface area contributed by atoms with Gasteiger partial charge in [-0.15, -0.1) is 0 Å². The molecule has 0 atom stereocenters. The number of aromatic nitrogens is 1. The van der Waals surface area contributed by atoms with E-state index in [1.54, 1.807) is 0 Å². The molecule has 1 fully saturated rings. The Hall–Kier alpha value is -1.57. The highest BCUT2D eigenvalue weighted by Crippen LogP contribution is 2.31. The second kappa shape index (κ2) is 4.27. The average Bonchev–Trinajstić information content (AvgIpc) is 2.97. The number of benzene rings is 1. The summed E-state index contributed by atoms with van der Waals surface area (Å²) < 4.78 is 2.07. The first-order valence-corrected chi connectivity index (χ1v) is 6.77. The van der Waals surface area contributed by atoms with Crippen LogP contribution in [-0.2, 0) is 7.05 Å². The average molecular weight is 241 g/mol. The van der Waals surface area contributed by atoms with Gasteiger partial charge < -0.3 is 4.57 Å². The zero-order valence-corrected chi connectivity index (χ0v) is 11.1. The number of fused-ring (bicyclic) bond motifs is 1. The molecule has 1 heterocycles. The maximum Gasteiger partial charge on any atom is 0.168 e. The number of nitrogens with zero attached hydrogens (tertiary/aromatic N) is 1. The summed E-state index contributed by atoms with van der Waals surface area (Å²) >= 11 is 0. The Morgan fingerprint density at radius 2 is 2.00 bits per heavy atom. The molecule has 0 radical (unpaired) electrons. The monoisotopic (exact) mass is 241 g/mol. The van der Waals surface area contributed by atoms with Crippen LogP contribution >= 0.6 is 0 Å². The van der Waals surface area contributed by atoms with Gasteiger partial charge in [-0.2, -0.15) is 0 Å². The summed E-state index contributed by atoms with van der Waals surface area (Å²) in [5, 5.41) is 1.12. The fourth-order valence-corrected chi connectivity index (χ4v) is 3.11. The predicted molar refractivity (Wildman–Crippen MR) is 73.9 cm³/mol. The highest BCUT2D eigenvalue weighted by molar-refractivity contribution is 6.09. The Morgan fingerprint density at radius 3 is 2.72 bits per heavy atom. The van der Waals surface area contributed by atoms with E-state index in [9.17, 15) is 4.79 Å². The number of carbonyl (C=O) groups is 1. The Labute approximate surface area is 108 Å². The first-order chi connectivity index (χ1) is 8.66. The number of carbonyl (C=O) groups excluding carboxylic acids is 1. The number of hydrogen-bond acceptors (Lipinski definition) is 1. The Kier molecular flexibility index (Phi) is 2.73. The molecule has 2 nitrogen and oxygen atoms in total. The molecule has 1 saturated carbocycles. The van der Waals surface area contributed by atoms with Gasteiger partial charge >= 0.3 is 0 Å². The van der Waals surface area contributed by atoms with Crippen molar-refractivity contribution in [1.29, 1.82) is 0 Å². The molecule has 1 aromatic carbocycles. The van der Waals surface area contributed by atoms with E-state index in [4.69, 9.17) is 0 Å². The summed E-state index contributed by atoms with van der Waals surface area (Å²) in [6.45, 7) is 2.08. The lowest BCUT2D eigenvalue weighted by molar-refractivity contribution is 0.0924. The number of rotatable bonds is 2. The van der Waals surface area contributed by atoms with Crippen LogP contribution in [0.4, 0.5) is 0 Å². The smallest absolute Gasteiger partial charge is 0.168 e. The fraction of sp³-hybridized carbons (Fsp3) is 0.438. The molecule has 0 bridgehead atoms. The van der Waals surface area contributed by atoms with Gasteiger partial charge in [0.1, 0.15) is 0 Å². The summed E-state index contributed by atoms with van der Waals surface area (Å²) in [6, 6.07) is 6.35. The van der Waals surface area contributed by atoms with Crippen molar-refractivity contribution in [3.8, 4) is 0 Å². The minimum absolute atomic E-state index is 0.260. The van der Waals surface area contributed by atoms with Crippen LogP contribution in [0.3, 0.4) is 0 Å². The van der Waals surface area contributed by atoms with Crippen molar-refractivity contribution in [2.24, 2.45) is 13.0 Å². The Bertz CT molecular complexity index is 603. The highest BCUT2D eigenvalue weighted by atomic mass is 16.1. The second-order valence-electron chi connectivity index (χ2n) is 5.52. The molecule has 1 aromatic heterocycles. The zero-order chi connectivity index (χ0) is 12.7. The van der Waals surface area contributed by atoms with Crippen molar-refractivity contribution in [3.63, 3.8) is 0 Å². The lowest BCUT2D eigenvalue weighted by Crippen LogP contribution is -2.10. The van der Waals surface area contributed by atoms with Crippen LogP contribution in [-0.4, -0.2) is 10.4 Å². The maximum absolute atomic E-state index is 12.6. The molecule has 3 rings (SSSR count). The molecule has 2 aromatic rings. The quantitative estimate of drug-likeness (QED) is 0.732. The van der Waals surface area contributed by atoms with E-state index in [0.717, 1.165) is 29.3 Å². The van der Waals surface area contributed by atoms with Gasteiger partial charge in [0.05, 0.1) is 0 Å². The van der Waals surface area contributed by atoms with Gasteiger partial charge in [-0.25, -0.2) is 0 Å². The molecule has 0 N–H and O–H groups in total. The number of hydrogen-bond donors (Lipinski definition) is 0. The molecule has 1 aliphatic rings. The Balaban J connectivity index is 2.10. The van der Waals surface area contributed by atoms with Gasteiger partial charge in [-0.05, 0) is 31.9 Å². The van der Waals surface area contributed by atoms with Crippen molar-refractivity contribution in [3.05, 3.63) is 35.5 Å². The van der Waals surface area contributed by atoms with E-state index >= 15 is 0 Å². The number of aryl methyl sites for hydroxylation is 2. The van der Waals surface area contributed by atoms with Crippen LogP contribution in [0.15, 0.2) is 24.4 Å². The molecule has 0 aliphatic heterocycles. The van der Waals surface area contributed by atoms with Crippen molar-refractivity contribution < 1.29 is 4.79 Å². The van der Waals surface area contributed by atoms with E-state index in [2.05, 4.69) is 29.7 Å². The standard InChI is InChI=1S/C16H19NO/c1-11-7-8-15-13(9-11)14(10-17(15)2)16(18)12-5-3-4-6-12/h7-10,12H,3-6H2,1-2H3. The van der Waals surface area contributed by atoms with Crippen molar-refractivity contribution in [2.45, 2.75) is 32.6 Å². The van der Waals surface area contributed by atoms with Crippen LogP contribution in [0.2, 0.25) is 0 Å². The minimum Gasteiger partial charge on any atom is -0.350 e. The minimum atomic E-state index is 0.260. The van der Waals surface area contributed by atoms with Gasteiger partial charge in [0.25, 0.3) is 0 Å². The third-order valence-corrected chi connectivity index (χ3v) is 4.14. The zero-order valence-electron chi connectivity index (χ0n) is 11.1. The molecular weight excluding hydrogens is 222 g/mol. The van der Waals surface area contributed by atoms with Gasteiger partial charge in [0.15, 0.2) is 5.78 Å². The lowest BCUT2D eigenvalue weighted by atomic mass is 9.95. The van der Waals surface area contributed by atoms with Crippen LogP contribution in [0.25, 0.3) is 10.9 Å². The summed E-state index contributed by atoms with van der Waals surface area (Å²) in [4.78, 5) is 12.6. The molecule has 18 heavy (non-hydrogen) atoms. The van der Waals surface area contributed by atoms with E-state index in [0.29, 0.717) is 5.78 Å². The van der Waals surface area contributed by atoms with E-state index in [1.807, 2.05) is 13.2 Å². The van der Waals surface area contributed by atoms with Crippen LogP contribution in [0.1, 0.15) is 41.6 Å². The summed E-state index contributed by atoms with van der Waals surface area (Å²) in [5.41, 5.74) is 3.29. The third-order valence-electron chi connectivity index (χ3n) is 4.14. The molecule has 94 valence electrons. The largest absolute Gasteiger partial charge is 0.350 e. The molecular formula is C16H19NO. The van der Waals surface area contributed by atoms with E-state index in [1.165, 1.54) is 18.4 Å². The lowest BCUT2D eigenvalue weighted by Gasteiger charge is -2.06. The summed E-state index contributed by atoms with van der Waals surface area (Å²) in [7, 11) is 2.02. The highest BCUT2D eigenvalue weighted by Gasteiger charge is 2.26. The number of ketones is 1. The Morgan fingerprint density at radius 1 is 1.28 bits per heavy atom. The SMILES string of the molecule is Cc1ccc2c(c1)c(C(=O)C1CCCC1)cn2C. The van der Waals surface area contributed by atoms with Gasteiger partial charge in [0.2, 0.25) is 0 Å². The van der Waals surface area contributed by atoms with Crippen molar-refractivity contribution in [2.75, 3.05) is 0 Å². The second-order valence-corrected chi connectivity index (χ2v) is 5.52. The van der Waals surface area contributed by atoms with Crippen LogP contribution < -0.4 is 0 Å². The summed E-state index contributed by atoms with van der Waals surface area (Å²) in [5.74, 6) is 0.611. The normalized spacial score (nSPS) is 16.6.